The quantitative estimate of drug-likeness (QED) is 0.203. The van der Waals surface area contributed by atoms with E-state index in [1.54, 1.807) is 38.1 Å². The standard InChI is InChI=1S/C26H32F2O5/c1-5-6-7-8-18(4)32-21-15-11-20(12-16-21)25(29)33-22-13-9-19(10-14-22)23(24(27)28)26(30)31-17(2)3/h9-18,23-24H,5-8H2,1-4H3/t18-,23+/m1/s1. The number of carbonyl (C=O) groups excluding carboxylic acids is 2. The van der Waals surface area contributed by atoms with Crippen LogP contribution in [0.3, 0.4) is 0 Å². The minimum atomic E-state index is -2.92. The molecule has 2 atom stereocenters. The molecule has 7 heteroatoms. The molecule has 33 heavy (non-hydrogen) atoms. The Balaban J connectivity index is 1.97. The Bertz CT molecular complexity index is 879. The second-order valence-corrected chi connectivity index (χ2v) is 8.20. The molecule has 0 spiro atoms. The summed E-state index contributed by atoms with van der Waals surface area (Å²) in [5.74, 6) is -2.43. The van der Waals surface area contributed by atoms with Gasteiger partial charge in [0.05, 0.1) is 17.8 Å². The maximum absolute atomic E-state index is 13.4. The van der Waals surface area contributed by atoms with Gasteiger partial charge in [-0.3, -0.25) is 4.79 Å². The van der Waals surface area contributed by atoms with Crippen molar-refractivity contribution in [2.75, 3.05) is 0 Å². The van der Waals surface area contributed by atoms with E-state index in [1.807, 2.05) is 6.92 Å². The molecule has 0 saturated heterocycles. The van der Waals surface area contributed by atoms with E-state index in [1.165, 1.54) is 30.7 Å². The molecule has 0 fully saturated rings. The lowest BCUT2D eigenvalue weighted by molar-refractivity contribution is -0.153. The number of rotatable bonds is 12. The van der Waals surface area contributed by atoms with Crippen LogP contribution in [0.1, 0.15) is 75.2 Å². The molecular weight excluding hydrogens is 430 g/mol. The smallest absolute Gasteiger partial charge is 0.343 e. The van der Waals surface area contributed by atoms with Gasteiger partial charge in [0.15, 0.2) is 0 Å². The molecule has 2 rings (SSSR count). The zero-order valence-electron chi connectivity index (χ0n) is 19.6. The van der Waals surface area contributed by atoms with Crippen LogP contribution in [-0.2, 0) is 9.53 Å². The fourth-order valence-electron chi connectivity index (χ4n) is 3.24. The molecule has 2 aromatic carbocycles. The fraction of sp³-hybridized carbons (Fsp3) is 0.462. The van der Waals surface area contributed by atoms with Gasteiger partial charge >= 0.3 is 11.9 Å². The highest BCUT2D eigenvalue weighted by molar-refractivity contribution is 5.91. The predicted molar refractivity (Wildman–Crippen MR) is 122 cm³/mol. The van der Waals surface area contributed by atoms with Gasteiger partial charge in [-0.1, -0.05) is 31.9 Å². The molecule has 0 unspecified atom stereocenters. The highest BCUT2D eigenvalue weighted by atomic mass is 19.3. The van der Waals surface area contributed by atoms with Crippen LogP contribution in [0.15, 0.2) is 48.5 Å². The second-order valence-electron chi connectivity index (χ2n) is 8.20. The van der Waals surface area contributed by atoms with Gasteiger partial charge in [-0.25, -0.2) is 13.6 Å². The number of esters is 2. The summed E-state index contributed by atoms with van der Waals surface area (Å²) in [6, 6.07) is 12.1. The van der Waals surface area contributed by atoms with E-state index in [0.717, 1.165) is 19.3 Å². The van der Waals surface area contributed by atoms with Crippen molar-refractivity contribution in [3.05, 3.63) is 59.7 Å². The lowest BCUT2D eigenvalue weighted by Gasteiger charge is -2.17. The molecule has 0 bridgehead atoms. The van der Waals surface area contributed by atoms with Gasteiger partial charge in [0, 0.05) is 0 Å². The third-order valence-electron chi connectivity index (χ3n) is 4.95. The van der Waals surface area contributed by atoms with Gasteiger partial charge in [0.25, 0.3) is 6.43 Å². The van der Waals surface area contributed by atoms with Gasteiger partial charge in [-0.15, -0.1) is 0 Å². The Kier molecular flexibility index (Phi) is 10.3. The normalized spacial score (nSPS) is 13.0. The fourth-order valence-corrected chi connectivity index (χ4v) is 3.24. The van der Waals surface area contributed by atoms with E-state index in [4.69, 9.17) is 14.2 Å². The molecular formula is C26H32F2O5. The molecule has 5 nitrogen and oxygen atoms in total. The molecule has 0 saturated carbocycles. The number of ether oxygens (including phenoxy) is 3. The average Bonchev–Trinajstić information content (AvgIpc) is 2.75. The molecule has 0 radical (unpaired) electrons. The lowest BCUT2D eigenvalue weighted by atomic mass is 9.99. The van der Waals surface area contributed by atoms with Crippen LogP contribution in [0.5, 0.6) is 11.5 Å². The summed E-state index contributed by atoms with van der Waals surface area (Å²) < 4.78 is 42.9. The highest BCUT2D eigenvalue weighted by Crippen LogP contribution is 2.27. The summed E-state index contributed by atoms with van der Waals surface area (Å²) in [5, 5.41) is 0. The van der Waals surface area contributed by atoms with Crippen LogP contribution in [0.2, 0.25) is 0 Å². The zero-order valence-corrected chi connectivity index (χ0v) is 19.6. The van der Waals surface area contributed by atoms with E-state index in [2.05, 4.69) is 6.92 Å². The topological polar surface area (TPSA) is 61.8 Å². The number of hydrogen-bond donors (Lipinski definition) is 0. The molecule has 0 aliphatic carbocycles. The van der Waals surface area contributed by atoms with Crippen molar-refractivity contribution in [1.82, 2.24) is 0 Å². The van der Waals surface area contributed by atoms with Crippen LogP contribution in [0.25, 0.3) is 0 Å². The first kappa shape index (κ1) is 26.3. The Morgan fingerprint density at radius 2 is 1.48 bits per heavy atom. The van der Waals surface area contributed by atoms with Gasteiger partial charge < -0.3 is 14.2 Å². The Labute approximate surface area is 194 Å². The van der Waals surface area contributed by atoms with E-state index in [0.29, 0.717) is 11.3 Å². The van der Waals surface area contributed by atoms with Crippen LogP contribution in [-0.4, -0.2) is 30.6 Å². The van der Waals surface area contributed by atoms with E-state index < -0.39 is 30.4 Å². The number of halogens is 2. The molecule has 180 valence electrons. The van der Waals surface area contributed by atoms with E-state index >= 15 is 0 Å². The van der Waals surface area contributed by atoms with Crippen molar-refractivity contribution >= 4 is 11.9 Å². The van der Waals surface area contributed by atoms with Crippen LogP contribution < -0.4 is 9.47 Å². The summed E-state index contributed by atoms with van der Waals surface area (Å²) in [5.41, 5.74) is 0.418. The minimum Gasteiger partial charge on any atom is -0.491 e. The first-order valence-electron chi connectivity index (χ1n) is 11.3. The molecule has 0 N–H and O–H groups in total. The number of benzene rings is 2. The Hall–Kier alpha value is -2.96. The van der Waals surface area contributed by atoms with Crippen LogP contribution in [0, 0.1) is 0 Å². The van der Waals surface area contributed by atoms with Crippen molar-refractivity contribution in [1.29, 1.82) is 0 Å². The summed E-state index contributed by atoms with van der Waals surface area (Å²) in [6.45, 7) is 7.36. The molecule has 0 amide bonds. The largest absolute Gasteiger partial charge is 0.491 e. The SMILES string of the molecule is CCCCC[C@@H](C)Oc1ccc(C(=O)Oc2ccc([C@H](C(=O)OC(C)C)C(F)F)cc2)cc1. The monoisotopic (exact) mass is 462 g/mol. The minimum absolute atomic E-state index is 0.0859. The van der Waals surface area contributed by atoms with Crippen molar-refractivity contribution in [2.24, 2.45) is 0 Å². The van der Waals surface area contributed by atoms with Crippen molar-refractivity contribution < 1.29 is 32.6 Å². The number of carbonyl (C=O) groups is 2. The Morgan fingerprint density at radius 1 is 0.879 bits per heavy atom. The van der Waals surface area contributed by atoms with Crippen molar-refractivity contribution in [2.45, 2.75) is 77.9 Å². The number of alkyl halides is 2. The van der Waals surface area contributed by atoms with Gasteiger partial charge in [-0.05, 0) is 75.6 Å². The third-order valence-corrected chi connectivity index (χ3v) is 4.95. The summed E-state index contributed by atoms with van der Waals surface area (Å²) in [6.07, 6.45) is 1.07. The average molecular weight is 463 g/mol. The third kappa shape index (κ3) is 8.48. The van der Waals surface area contributed by atoms with E-state index in [9.17, 15) is 18.4 Å². The lowest BCUT2D eigenvalue weighted by Crippen LogP contribution is -2.25. The highest BCUT2D eigenvalue weighted by Gasteiger charge is 2.32. The molecule has 0 aliphatic heterocycles. The number of unbranched alkanes of at least 4 members (excludes halogenated alkanes) is 2. The summed E-state index contributed by atoms with van der Waals surface area (Å²) in [7, 11) is 0. The Morgan fingerprint density at radius 3 is 2.03 bits per heavy atom. The van der Waals surface area contributed by atoms with E-state index in [-0.39, 0.29) is 17.4 Å². The molecule has 0 aliphatic rings. The maximum Gasteiger partial charge on any atom is 0.343 e. The van der Waals surface area contributed by atoms with Crippen LogP contribution >= 0.6 is 0 Å². The first-order chi connectivity index (χ1) is 15.7. The number of hydrogen-bond acceptors (Lipinski definition) is 5. The predicted octanol–water partition coefficient (Wildman–Crippen LogP) is 6.55. The van der Waals surface area contributed by atoms with Crippen molar-refractivity contribution in [3.63, 3.8) is 0 Å². The van der Waals surface area contributed by atoms with Crippen molar-refractivity contribution in [3.8, 4) is 11.5 Å². The van der Waals surface area contributed by atoms with Gasteiger partial charge in [-0.2, -0.15) is 0 Å². The molecule has 0 heterocycles. The first-order valence-corrected chi connectivity index (χ1v) is 11.3. The van der Waals surface area contributed by atoms with Crippen LogP contribution in [0.4, 0.5) is 8.78 Å². The maximum atomic E-state index is 13.4. The van der Waals surface area contributed by atoms with Gasteiger partial charge in [0.1, 0.15) is 17.4 Å². The van der Waals surface area contributed by atoms with Gasteiger partial charge in [0.2, 0.25) is 0 Å². The summed E-state index contributed by atoms with van der Waals surface area (Å²) >= 11 is 0. The second kappa shape index (κ2) is 12.9. The molecule has 2 aromatic rings. The summed E-state index contributed by atoms with van der Waals surface area (Å²) in [4.78, 5) is 24.4. The molecule has 0 aromatic heterocycles. The zero-order chi connectivity index (χ0) is 24.4.